The van der Waals surface area contributed by atoms with Gasteiger partial charge in [0.2, 0.25) is 0 Å². The van der Waals surface area contributed by atoms with Crippen molar-refractivity contribution in [1.82, 2.24) is 0 Å². The molecule has 0 saturated carbocycles. The van der Waals surface area contributed by atoms with E-state index in [4.69, 9.17) is 4.42 Å². The first kappa shape index (κ1) is 33.9. The summed E-state index contributed by atoms with van der Waals surface area (Å²) in [6.07, 6.45) is 0. The quantitative estimate of drug-likeness (QED) is 0.154. The maximum atomic E-state index is 6.24. The van der Waals surface area contributed by atoms with Crippen molar-refractivity contribution in [3.63, 3.8) is 0 Å². The molecule has 4 heteroatoms. The summed E-state index contributed by atoms with van der Waals surface area (Å²) < 4.78 is 8.81. The highest BCUT2D eigenvalue weighted by atomic mass is 32.1. The molecule has 3 nitrogen and oxygen atoms in total. The smallest absolute Gasteiger partial charge is 0.136 e. The highest BCUT2D eigenvalue weighted by molar-refractivity contribution is 7.25. The van der Waals surface area contributed by atoms with E-state index < -0.39 is 0 Å². The summed E-state index contributed by atoms with van der Waals surface area (Å²) >= 11 is 1.85. The Morgan fingerprint density at radius 1 is 0.276 bits per heavy atom. The molecule has 274 valence electrons. The predicted octanol–water partition coefficient (Wildman–Crippen LogP) is 16.2. The third kappa shape index (κ3) is 6.08. The van der Waals surface area contributed by atoms with Crippen molar-refractivity contribution in [2.45, 2.75) is 0 Å². The normalized spacial score (nSPS) is 11.4. The minimum atomic E-state index is 0.916. The summed E-state index contributed by atoms with van der Waals surface area (Å²) in [5, 5.41) is 4.85. The summed E-state index contributed by atoms with van der Waals surface area (Å²) in [5.41, 5.74) is 13.1. The molecule has 11 rings (SSSR count). The molecule has 0 radical (unpaired) electrons. The lowest BCUT2D eigenvalue weighted by atomic mass is 9.99. The Hall–Kier alpha value is -7.40. The van der Waals surface area contributed by atoms with E-state index in [0.717, 1.165) is 61.6 Å². The standard InChI is InChI=1S/C54H36N2OS/c1-4-13-41(14-5-1)55(42-15-6-2-7-16-42)45-19-12-20-46(36-45)56(43-17-8-3-9-18-43)44-28-23-37(24-29-44)38-26-31-53-49(33-38)50-34-39(27-32-54(50)58-53)40-25-30-48-47-21-10-11-22-51(47)57-52(48)35-40/h1-36H. The van der Waals surface area contributed by atoms with Crippen LogP contribution in [0.2, 0.25) is 0 Å². The molecule has 0 spiro atoms. The second-order valence-corrected chi connectivity index (χ2v) is 15.7. The number of benzene rings is 9. The fourth-order valence-corrected chi connectivity index (χ4v) is 9.31. The first-order valence-electron chi connectivity index (χ1n) is 19.6. The lowest BCUT2D eigenvalue weighted by Gasteiger charge is -2.29. The molecule has 0 aliphatic rings. The van der Waals surface area contributed by atoms with Crippen LogP contribution in [-0.2, 0) is 0 Å². The second-order valence-electron chi connectivity index (χ2n) is 14.6. The van der Waals surface area contributed by atoms with Gasteiger partial charge in [0.05, 0.1) is 0 Å². The molecule has 0 bridgehead atoms. The Labute approximate surface area is 340 Å². The Morgan fingerprint density at radius 3 is 1.29 bits per heavy atom. The van der Waals surface area contributed by atoms with Gasteiger partial charge in [-0.15, -0.1) is 11.3 Å². The zero-order valence-electron chi connectivity index (χ0n) is 31.5. The summed E-state index contributed by atoms with van der Waals surface area (Å²) in [4.78, 5) is 4.64. The molecule has 0 atom stereocenters. The van der Waals surface area contributed by atoms with Crippen LogP contribution in [0.3, 0.4) is 0 Å². The van der Waals surface area contributed by atoms with Crippen LogP contribution in [0.4, 0.5) is 34.1 Å². The number of hydrogen-bond acceptors (Lipinski definition) is 4. The molecule has 0 amide bonds. The highest BCUT2D eigenvalue weighted by Crippen LogP contribution is 2.42. The van der Waals surface area contributed by atoms with E-state index in [2.05, 4.69) is 216 Å². The maximum Gasteiger partial charge on any atom is 0.136 e. The molecule has 0 aliphatic heterocycles. The third-order valence-electron chi connectivity index (χ3n) is 11.0. The number of anilines is 6. The monoisotopic (exact) mass is 760 g/mol. The molecule has 0 unspecified atom stereocenters. The predicted molar refractivity (Wildman–Crippen MR) is 247 cm³/mol. The van der Waals surface area contributed by atoms with Gasteiger partial charge in [-0.05, 0) is 131 Å². The van der Waals surface area contributed by atoms with Gasteiger partial charge in [-0.25, -0.2) is 0 Å². The summed E-state index contributed by atoms with van der Waals surface area (Å²) in [6, 6.07) is 78.1. The van der Waals surface area contributed by atoms with Crippen molar-refractivity contribution >= 4 is 87.6 Å². The van der Waals surface area contributed by atoms with Crippen LogP contribution in [0.1, 0.15) is 0 Å². The summed E-state index contributed by atoms with van der Waals surface area (Å²) in [6.45, 7) is 0. The fraction of sp³-hybridized carbons (Fsp3) is 0. The summed E-state index contributed by atoms with van der Waals surface area (Å²) in [5.74, 6) is 0. The van der Waals surface area contributed by atoms with Gasteiger partial charge in [-0.3, -0.25) is 0 Å². The first-order valence-corrected chi connectivity index (χ1v) is 20.4. The molecular formula is C54H36N2OS. The van der Waals surface area contributed by atoms with Gasteiger partial charge in [0.25, 0.3) is 0 Å². The van der Waals surface area contributed by atoms with Gasteiger partial charge >= 0.3 is 0 Å². The van der Waals surface area contributed by atoms with E-state index in [9.17, 15) is 0 Å². The zero-order chi connectivity index (χ0) is 38.4. The molecule has 0 aliphatic carbocycles. The molecule has 2 heterocycles. The number of hydrogen-bond donors (Lipinski definition) is 0. The van der Waals surface area contributed by atoms with Crippen molar-refractivity contribution in [2.24, 2.45) is 0 Å². The highest BCUT2D eigenvalue weighted by Gasteiger charge is 2.18. The SMILES string of the molecule is c1ccc(N(c2ccccc2)c2cccc(N(c3ccccc3)c3ccc(-c4ccc5sc6ccc(-c7ccc8c(c7)oc7ccccc78)cc6c5c4)cc3)c2)cc1. The lowest BCUT2D eigenvalue weighted by molar-refractivity contribution is 0.669. The van der Waals surface area contributed by atoms with Crippen molar-refractivity contribution in [3.8, 4) is 22.3 Å². The number of furan rings is 1. The molecule has 9 aromatic carbocycles. The van der Waals surface area contributed by atoms with E-state index in [-0.39, 0.29) is 0 Å². The Balaban J connectivity index is 0.949. The van der Waals surface area contributed by atoms with Gasteiger partial charge in [-0.1, -0.05) is 109 Å². The molecule has 2 aromatic heterocycles. The fourth-order valence-electron chi connectivity index (χ4n) is 8.24. The first-order chi connectivity index (χ1) is 28.7. The molecule has 0 N–H and O–H groups in total. The van der Waals surface area contributed by atoms with E-state index in [0.29, 0.717) is 0 Å². The Kier molecular flexibility index (Phi) is 8.34. The summed E-state index contributed by atoms with van der Waals surface area (Å²) in [7, 11) is 0. The van der Waals surface area contributed by atoms with Crippen LogP contribution in [0.5, 0.6) is 0 Å². The topological polar surface area (TPSA) is 19.6 Å². The molecule has 0 saturated heterocycles. The maximum absolute atomic E-state index is 6.24. The van der Waals surface area contributed by atoms with E-state index in [1.54, 1.807) is 0 Å². The van der Waals surface area contributed by atoms with Gasteiger partial charge < -0.3 is 14.2 Å². The molecule has 11 aromatic rings. The van der Waals surface area contributed by atoms with E-state index in [1.807, 2.05) is 23.5 Å². The molecular weight excluding hydrogens is 725 g/mol. The van der Waals surface area contributed by atoms with Gasteiger partial charge in [0.1, 0.15) is 11.2 Å². The number of para-hydroxylation sites is 4. The Morgan fingerprint density at radius 2 is 0.707 bits per heavy atom. The average Bonchev–Trinajstić information content (AvgIpc) is 3.85. The molecule has 58 heavy (non-hydrogen) atoms. The van der Waals surface area contributed by atoms with E-state index in [1.165, 1.54) is 36.9 Å². The van der Waals surface area contributed by atoms with E-state index >= 15 is 0 Å². The number of nitrogens with zero attached hydrogens (tertiary/aromatic N) is 2. The largest absolute Gasteiger partial charge is 0.456 e. The zero-order valence-corrected chi connectivity index (χ0v) is 32.3. The van der Waals surface area contributed by atoms with Crippen LogP contribution in [0.15, 0.2) is 223 Å². The minimum absolute atomic E-state index is 0.916. The molecule has 0 fully saturated rings. The number of rotatable bonds is 8. The van der Waals surface area contributed by atoms with Crippen LogP contribution in [0.25, 0.3) is 64.4 Å². The minimum Gasteiger partial charge on any atom is -0.456 e. The van der Waals surface area contributed by atoms with Gasteiger partial charge in [-0.2, -0.15) is 0 Å². The van der Waals surface area contributed by atoms with Gasteiger partial charge in [0.15, 0.2) is 0 Å². The second kappa shape index (κ2) is 14.3. The van der Waals surface area contributed by atoms with Crippen molar-refractivity contribution in [2.75, 3.05) is 9.80 Å². The number of fused-ring (bicyclic) bond motifs is 6. The van der Waals surface area contributed by atoms with Crippen LogP contribution >= 0.6 is 11.3 Å². The van der Waals surface area contributed by atoms with Crippen molar-refractivity contribution < 1.29 is 4.42 Å². The Bertz CT molecular complexity index is 3190. The van der Waals surface area contributed by atoms with Crippen LogP contribution in [-0.4, -0.2) is 0 Å². The third-order valence-corrected chi connectivity index (χ3v) is 12.2. The van der Waals surface area contributed by atoms with Crippen LogP contribution < -0.4 is 9.80 Å². The van der Waals surface area contributed by atoms with Crippen LogP contribution in [0, 0.1) is 0 Å². The average molecular weight is 761 g/mol. The van der Waals surface area contributed by atoms with Gasteiger partial charge in [0, 0.05) is 65.1 Å². The number of thiophene rings is 1. The lowest BCUT2D eigenvalue weighted by Crippen LogP contribution is -2.13. The van der Waals surface area contributed by atoms with Crippen molar-refractivity contribution in [1.29, 1.82) is 0 Å². The van der Waals surface area contributed by atoms with Crippen molar-refractivity contribution in [3.05, 3.63) is 218 Å².